The minimum Gasteiger partial charge on any atom is -0.490 e. The summed E-state index contributed by atoms with van der Waals surface area (Å²) in [4.78, 5) is 24.1. The Bertz CT molecular complexity index is 1050. The van der Waals surface area contributed by atoms with Crippen LogP contribution in [-0.4, -0.2) is 31.3 Å². The van der Waals surface area contributed by atoms with E-state index >= 15 is 0 Å². The Morgan fingerprint density at radius 1 is 0.903 bits per heavy atom. The zero-order valence-corrected chi connectivity index (χ0v) is 17.0. The summed E-state index contributed by atoms with van der Waals surface area (Å²) in [6.07, 6.45) is 1.45. The maximum Gasteiger partial charge on any atom is 0.343 e. The van der Waals surface area contributed by atoms with Gasteiger partial charge in [-0.2, -0.15) is 5.10 Å². The lowest BCUT2D eigenvalue weighted by Crippen LogP contribution is -2.24. The van der Waals surface area contributed by atoms with Gasteiger partial charge in [0.2, 0.25) is 0 Å². The molecule has 0 atom stereocenters. The summed E-state index contributed by atoms with van der Waals surface area (Å²) in [5, 5.41) is 3.91. The molecule has 0 bridgehead atoms. The molecule has 7 nitrogen and oxygen atoms in total. The smallest absolute Gasteiger partial charge is 0.343 e. The molecule has 0 heterocycles. The van der Waals surface area contributed by atoms with Crippen LogP contribution in [0.25, 0.3) is 0 Å². The number of carbonyl (C=O) groups excluding carboxylic acids is 2. The Hall–Kier alpha value is -4.13. The summed E-state index contributed by atoms with van der Waals surface area (Å²) in [5.74, 6) is 0.557. The highest BCUT2D eigenvalue weighted by atomic mass is 16.5. The van der Waals surface area contributed by atoms with Crippen molar-refractivity contribution >= 4 is 18.1 Å². The molecular formula is C24H22N2O5. The number of ether oxygens (including phenoxy) is 3. The van der Waals surface area contributed by atoms with Gasteiger partial charge in [0.1, 0.15) is 5.75 Å². The number of para-hydroxylation sites is 2. The second-order valence-electron chi connectivity index (χ2n) is 6.29. The van der Waals surface area contributed by atoms with Crippen molar-refractivity contribution in [3.05, 3.63) is 90.0 Å². The van der Waals surface area contributed by atoms with E-state index in [1.807, 2.05) is 19.1 Å². The van der Waals surface area contributed by atoms with Crippen molar-refractivity contribution in [2.24, 2.45) is 5.10 Å². The van der Waals surface area contributed by atoms with Crippen molar-refractivity contribution in [2.75, 3.05) is 13.2 Å². The van der Waals surface area contributed by atoms with Gasteiger partial charge in [0.05, 0.1) is 18.4 Å². The first-order valence-corrected chi connectivity index (χ1v) is 9.69. The van der Waals surface area contributed by atoms with E-state index in [9.17, 15) is 9.59 Å². The molecule has 3 aromatic carbocycles. The number of hydrazone groups is 1. The summed E-state index contributed by atoms with van der Waals surface area (Å²) in [6.45, 7) is 2.16. The van der Waals surface area contributed by atoms with E-state index in [4.69, 9.17) is 14.2 Å². The predicted molar refractivity (Wildman–Crippen MR) is 117 cm³/mol. The standard InChI is InChI=1S/C24H22N2O5/c1-2-29-21-13-6-7-14-22(21)30-17-23(27)26-25-16-18-9-8-12-20(15-18)31-24(28)19-10-4-3-5-11-19/h3-16H,2,17H2,1H3,(H,26,27)/b25-16-. The van der Waals surface area contributed by atoms with E-state index in [-0.39, 0.29) is 6.61 Å². The molecule has 0 saturated carbocycles. The van der Waals surface area contributed by atoms with Crippen LogP contribution in [0.4, 0.5) is 0 Å². The topological polar surface area (TPSA) is 86.2 Å². The molecule has 1 amide bonds. The van der Waals surface area contributed by atoms with Crippen LogP contribution >= 0.6 is 0 Å². The lowest BCUT2D eigenvalue weighted by molar-refractivity contribution is -0.123. The highest BCUT2D eigenvalue weighted by Gasteiger charge is 2.08. The van der Waals surface area contributed by atoms with Crippen molar-refractivity contribution in [3.63, 3.8) is 0 Å². The van der Waals surface area contributed by atoms with Crippen molar-refractivity contribution in [1.29, 1.82) is 0 Å². The van der Waals surface area contributed by atoms with E-state index in [0.29, 0.717) is 35.0 Å². The summed E-state index contributed by atoms with van der Waals surface area (Å²) < 4.78 is 16.3. The fourth-order valence-electron chi connectivity index (χ4n) is 2.60. The van der Waals surface area contributed by atoms with Crippen molar-refractivity contribution in [3.8, 4) is 17.2 Å². The first-order chi connectivity index (χ1) is 15.2. The number of benzene rings is 3. The van der Waals surface area contributed by atoms with E-state index in [1.54, 1.807) is 66.7 Å². The third-order valence-corrected chi connectivity index (χ3v) is 3.99. The molecule has 1 N–H and O–H groups in total. The third kappa shape index (κ3) is 6.71. The fourth-order valence-corrected chi connectivity index (χ4v) is 2.60. The van der Waals surface area contributed by atoms with Crippen molar-refractivity contribution < 1.29 is 23.8 Å². The van der Waals surface area contributed by atoms with E-state index < -0.39 is 11.9 Å². The van der Waals surface area contributed by atoms with Gasteiger partial charge in [0.15, 0.2) is 18.1 Å². The molecular weight excluding hydrogens is 396 g/mol. The van der Waals surface area contributed by atoms with Gasteiger partial charge in [-0.25, -0.2) is 10.2 Å². The van der Waals surface area contributed by atoms with Crippen LogP contribution in [0.15, 0.2) is 84.0 Å². The summed E-state index contributed by atoms with van der Waals surface area (Å²) in [6, 6.07) is 22.6. The summed E-state index contributed by atoms with van der Waals surface area (Å²) >= 11 is 0. The molecule has 0 radical (unpaired) electrons. The largest absolute Gasteiger partial charge is 0.490 e. The van der Waals surface area contributed by atoms with Gasteiger partial charge in [-0.3, -0.25) is 4.79 Å². The van der Waals surface area contributed by atoms with Crippen LogP contribution in [0.3, 0.4) is 0 Å². The normalized spacial score (nSPS) is 10.5. The fraction of sp³-hybridized carbons (Fsp3) is 0.125. The molecule has 3 aromatic rings. The molecule has 0 spiro atoms. The van der Waals surface area contributed by atoms with Crippen molar-refractivity contribution in [2.45, 2.75) is 6.92 Å². The Morgan fingerprint density at radius 2 is 1.61 bits per heavy atom. The van der Waals surface area contributed by atoms with Crippen LogP contribution in [0.2, 0.25) is 0 Å². The van der Waals surface area contributed by atoms with E-state index in [0.717, 1.165) is 0 Å². The predicted octanol–water partition coefficient (Wildman–Crippen LogP) is 3.83. The van der Waals surface area contributed by atoms with Gasteiger partial charge < -0.3 is 14.2 Å². The third-order valence-electron chi connectivity index (χ3n) is 3.99. The molecule has 7 heteroatoms. The number of nitrogens with one attached hydrogen (secondary N) is 1. The van der Waals surface area contributed by atoms with Gasteiger partial charge >= 0.3 is 5.97 Å². The number of hydrogen-bond acceptors (Lipinski definition) is 6. The lowest BCUT2D eigenvalue weighted by Gasteiger charge is -2.10. The molecule has 0 aliphatic heterocycles. The second-order valence-corrected chi connectivity index (χ2v) is 6.29. The molecule has 0 unspecified atom stereocenters. The molecule has 3 rings (SSSR count). The average molecular weight is 418 g/mol. The Labute approximate surface area is 180 Å². The zero-order chi connectivity index (χ0) is 21.9. The van der Waals surface area contributed by atoms with Crippen LogP contribution in [0.5, 0.6) is 17.2 Å². The minimum absolute atomic E-state index is 0.212. The van der Waals surface area contributed by atoms with Crippen LogP contribution in [-0.2, 0) is 4.79 Å². The van der Waals surface area contributed by atoms with Crippen LogP contribution < -0.4 is 19.6 Å². The van der Waals surface area contributed by atoms with E-state index in [1.165, 1.54) is 6.21 Å². The number of esters is 1. The van der Waals surface area contributed by atoms with Gasteiger partial charge in [-0.15, -0.1) is 0 Å². The first-order valence-electron chi connectivity index (χ1n) is 9.69. The van der Waals surface area contributed by atoms with Crippen LogP contribution in [0.1, 0.15) is 22.8 Å². The number of rotatable bonds is 9. The Balaban J connectivity index is 1.51. The molecule has 0 fully saturated rings. The number of carbonyl (C=O) groups is 2. The quantitative estimate of drug-likeness (QED) is 0.247. The number of amides is 1. The highest BCUT2D eigenvalue weighted by molar-refractivity contribution is 5.91. The molecule has 0 aliphatic rings. The second kappa shape index (κ2) is 11.2. The van der Waals surface area contributed by atoms with Crippen LogP contribution in [0, 0.1) is 0 Å². The molecule has 31 heavy (non-hydrogen) atoms. The summed E-state index contributed by atoms with van der Waals surface area (Å²) in [5.41, 5.74) is 3.51. The van der Waals surface area contributed by atoms with Gasteiger partial charge in [-0.1, -0.05) is 42.5 Å². The molecule has 0 aromatic heterocycles. The van der Waals surface area contributed by atoms with Gasteiger partial charge in [-0.05, 0) is 48.9 Å². The van der Waals surface area contributed by atoms with E-state index in [2.05, 4.69) is 10.5 Å². The first kappa shape index (κ1) is 21.6. The minimum atomic E-state index is -0.451. The Kier molecular flexibility index (Phi) is 7.77. The number of hydrogen-bond donors (Lipinski definition) is 1. The monoisotopic (exact) mass is 418 g/mol. The lowest BCUT2D eigenvalue weighted by atomic mass is 10.2. The summed E-state index contributed by atoms with van der Waals surface area (Å²) in [7, 11) is 0. The maximum absolute atomic E-state index is 12.1. The maximum atomic E-state index is 12.1. The SMILES string of the molecule is CCOc1ccccc1OCC(=O)N/N=C\c1cccc(OC(=O)c2ccccc2)c1. The molecule has 0 aliphatic carbocycles. The van der Waals surface area contributed by atoms with Gasteiger partial charge in [0, 0.05) is 0 Å². The zero-order valence-electron chi connectivity index (χ0n) is 17.0. The molecule has 158 valence electrons. The number of nitrogens with zero attached hydrogens (tertiary/aromatic N) is 1. The highest BCUT2D eigenvalue weighted by Crippen LogP contribution is 2.26. The molecule has 0 saturated heterocycles. The average Bonchev–Trinajstić information content (AvgIpc) is 2.79. The Morgan fingerprint density at radius 3 is 2.35 bits per heavy atom. The van der Waals surface area contributed by atoms with Crippen molar-refractivity contribution in [1.82, 2.24) is 5.43 Å². The van der Waals surface area contributed by atoms with Gasteiger partial charge in [0.25, 0.3) is 5.91 Å².